The van der Waals surface area contributed by atoms with Crippen LogP contribution in [-0.4, -0.2) is 35.6 Å². The van der Waals surface area contributed by atoms with Gasteiger partial charge in [0.25, 0.3) is 5.91 Å². The first-order valence-corrected chi connectivity index (χ1v) is 10.8. The van der Waals surface area contributed by atoms with Gasteiger partial charge in [-0.3, -0.25) is 9.78 Å². The highest BCUT2D eigenvalue weighted by atomic mass is 19.4. The molecule has 2 heterocycles. The van der Waals surface area contributed by atoms with E-state index in [2.05, 4.69) is 10.3 Å². The molecule has 33 heavy (non-hydrogen) atoms. The SMILES string of the molecule is CC(NC(=O)c1cnc(C(F)(F)F)c(-c2ccc(F)c(F)c2)c1N1CC[C@](C)(N)C1)C1CC1. The van der Waals surface area contributed by atoms with E-state index >= 15 is 0 Å². The number of alkyl halides is 3. The van der Waals surface area contributed by atoms with Crippen molar-refractivity contribution in [2.45, 2.75) is 50.9 Å². The summed E-state index contributed by atoms with van der Waals surface area (Å²) in [5.74, 6) is -2.73. The van der Waals surface area contributed by atoms with E-state index in [0.717, 1.165) is 31.2 Å². The van der Waals surface area contributed by atoms with Gasteiger partial charge in [0.15, 0.2) is 17.3 Å². The number of rotatable bonds is 5. The number of carbonyl (C=O) groups excluding carboxylic acids is 1. The van der Waals surface area contributed by atoms with Gasteiger partial charge in [0.05, 0.1) is 11.3 Å². The van der Waals surface area contributed by atoms with Gasteiger partial charge in [-0.05, 0) is 56.7 Å². The molecule has 1 unspecified atom stereocenters. The van der Waals surface area contributed by atoms with Gasteiger partial charge in [0.2, 0.25) is 0 Å². The average molecular weight is 468 g/mol. The summed E-state index contributed by atoms with van der Waals surface area (Å²) in [4.78, 5) is 18.3. The highest BCUT2D eigenvalue weighted by molar-refractivity contribution is 6.04. The lowest BCUT2D eigenvalue weighted by atomic mass is 9.96. The number of anilines is 1. The fourth-order valence-corrected chi connectivity index (χ4v) is 4.31. The van der Waals surface area contributed by atoms with Crippen LogP contribution in [0.3, 0.4) is 0 Å². The van der Waals surface area contributed by atoms with Crippen LogP contribution < -0.4 is 16.0 Å². The lowest BCUT2D eigenvalue weighted by Gasteiger charge is -2.28. The van der Waals surface area contributed by atoms with Crippen LogP contribution in [0.5, 0.6) is 0 Å². The largest absolute Gasteiger partial charge is 0.434 e. The highest BCUT2D eigenvalue weighted by Crippen LogP contribution is 2.44. The number of nitrogens with two attached hydrogens (primary N) is 1. The maximum atomic E-state index is 14.1. The topological polar surface area (TPSA) is 71.2 Å². The number of carbonyl (C=O) groups is 1. The quantitative estimate of drug-likeness (QED) is 0.634. The van der Waals surface area contributed by atoms with Crippen molar-refractivity contribution in [1.82, 2.24) is 10.3 Å². The predicted octanol–water partition coefficient (Wildman–Crippen LogP) is 4.50. The summed E-state index contributed by atoms with van der Waals surface area (Å²) in [6.45, 7) is 4.09. The fraction of sp³-hybridized carbons (Fsp3) is 0.478. The molecule has 178 valence electrons. The lowest BCUT2D eigenvalue weighted by molar-refractivity contribution is -0.140. The third-order valence-corrected chi connectivity index (χ3v) is 6.28. The molecule has 10 heteroatoms. The Labute approximate surface area is 188 Å². The third kappa shape index (κ3) is 4.80. The molecule has 1 saturated heterocycles. The number of pyridine rings is 1. The van der Waals surface area contributed by atoms with E-state index in [-0.39, 0.29) is 29.4 Å². The zero-order chi connectivity index (χ0) is 24.1. The van der Waals surface area contributed by atoms with Crippen molar-refractivity contribution in [3.8, 4) is 11.1 Å². The minimum Gasteiger partial charge on any atom is -0.368 e. The first kappa shape index (κ1) is 23.4. The molecule has 3 N–H and O–H groups in total. The number of benzene rings is 1. The second kappa shape index (κ2) is 8.23. The minimum atomic E-state index is -4.89. The van der Waals surface area contributed by atoms with Gasteiger partial charge in [0.1, 0.15) is 0 Å². The summed E-state index contributed by atoms with van der Waals surface area (Å²) in [6, 6.07) is 2.35. The Hall–Kier alpha value is -2.75. The number of hydrogen-bond acceptors (Lipinski definition) is 4. The van der Waals surface area contributed by atoms with Crippen molar-refractivity contribution in [2.24, 2.45) is 11.7 Å². The zero-order valence-electron chi connectivity index (χ0n) is 18.3. The number of nitrogens with one attached hydrogen (secondary N) is 1. The van der Waals surface area contributed by atoms with Gasteiger partial charge in [-0.2, -0.15) is 13.2 Å². The maximum Gasteiger partial charge on any atom is 0.434 e. The van der Waals surface area contributed by atoms with E-state index in [9.17, 15) is 26.7 Å². The van der Waals surface area contributed by atoms with Gasteiger partial charge in [-0.25, -0.2) is 8.78 Å². The Kier molecular flexibility index (Phi) is 5.84. The Morgan fingerprint density at radius 3 is 2.52 bits per heavy atom. The molecule has 1 aromatic carbocycles. The monoisotopic (exact) mass is 468 g/mol. The molecule has 0 radical (unpaired) electrons. The number of amides is 1. The summed E-state index contributed by atoms with van der Waals surface area (Å²) in [7, 11) is 0. The van der Waals surface area contributed by atoms with E-state index in [1.165, 1.54) is 0 Å². The minimum absolute atomic E-state index is 0.0296. The number of hydrogen-bond donors (Lipinski definition) is 2. The summed E-state index contributed by atoms with van der Waals surface area (Å²) >= 11 is 0. The van der Waals surface area contributed by atoms with Crippen molar-refractivity contribution >= 4 is 11.6 Å². The number of halogens is 5. The molecule has 1 aliphatic heterocycles. The van der Waals surface area contributed by atoms with Gasteiger partial charge in [-0.1, -0.05) is 6.07 Å². The predicted molar refractivity (Wildman–Crippen MR) is 114 cm³/mol. The Morgan fingerprint density at radius 2 is 1.97 bits per heavy atom. The van der Waals surface area contributed by atoms with Gasteiger partial charge in [0, 0.05) is 36.4 Å². The number of aromatic nitrogens is 1. The Bertz CT molecular complexity index is 1080. The normalized spacial score (nSPS) is 21.9. The first-order valence-electron chi connectivity index (χ1n) is 10.8. The van der Waals surface area contributed by atoms with Crippen molar-refractivity contribution in [1.29, 1.82) is 0 Å². The van der Waals surface area contributed by atoms with E-state index in [4.69, 9.17) is 5.73 Å². The lowest BCUT2D eigenvalue weighted by Crippen LogP contribution is -2.40. The van der Waals surface area contributed by atoms with E-state index < -0.39 is 40.5 Å². The molecule has 0 bridgehead atoms. The van der Waals surface area contributed by atoms with Crippen molar-refractivity contribution in [3.63, 3.8) is 0 Å². The molecular formula is C23H25F5N4O. The molecule has 1 aromatic heterocycles. The standard InChI is InChI=1S/C23H25F5N4O/c1-12(13-3-4-13)31-21(33)15-10-30-20(23(26,27)28)18(14-5-6-16(24)17(25)9-14)19(15)32-8-7-22(2,29)11-32/h5-6,9-10,12-13H,3-4,7-8,11,29H2,1-2H3,(H,31,33)/t12?,22-/m0/s1. The van der Waals surface area contributed by atoms with Crippen molar-refractivity contribution in [2.75, 3.05) is 18.0 Å². The van der Waals surface area contributed by atoms with Crippen molar-refractivity contribution in [3.05, 3.63) is 47.3 Å². The molecule has 1 aliphatic carbocycles. The first-order chi connectivity index (χ1) is 15.4. The van der Waals surface area contributed by atoms with Gasteiger partial charge in [-0.15, -0.1) is 0 Å². The van der Waals surface area contributed by atoms with Crippen LogP contribution in [0.25, 0.3) is 11.1 Å². The van der Waals surface area contributed by atoms with Gasteiger partial charge < -0.3 is 16.0 Å². The van der Waals surface area contributed by atoms with E-state index in [0.29, 0.717) is 24.9 Å². The van der Waals surface area contributed by atoms with Crippen LogP contribution in [-0.2, 0) is 6.18 Å². The van der Waals surface area contributed by atoms with Crippen LogP contribution in [0.4, 0.5) is 27.6 Å². The molecule has 2 aliphatic rings. The van der Waals surface area contributed by atoms with Crippen LogP contribution >= 0.6 is 0 Å². The van der Waals surface area contributed by atoms with Crippen LogP contribution in [0.15, 0.2) is 24.4 Å². The molecule has 1 amide bonds. The second-order valence-electron chi connectivity index (χ2n) is 9.30. The highest BCUT2D eigenvalue weighted by Gasteiger charge is 2.41. The fourth-order valence-electron chi connectivity index (χ4n) is 4.31. The molecule has 2 atom stereocenters. The molecular weight excluding hydrogens is 443 g/mol. The Morgan fingerprint density at radius 1 is 1.27 bits per heavy atom. The smallest absolute Gasteiger partial charge is 0.368 e. The summed E-state index contributed by atoms with van der Waals surface area (Å²) < 4.78 is 69.7. The van der Waals surface area contributed by atoms with Crippen molar-refractivity contribution < 1.29 is 26.7 Å². The number of nitrogens with zero attached hydrogens (tertiary/aromatic N) is 2. The third-order valence-electron chi connectivity index (χ3n) is 6.28. The molecule has 5 nitrogen and oxygen atoms in total. The molecule has 1 saturated carbocycles. The van der Waals surface area contributed by atoms with E-state index in [1.807, 2.05) is 6.92 Å². The summed E-state index contributed by atoms with van der Waals surface area (Å²) in [5, 5.41) is 2.85. The summed E-state index contributed by atoms with van der Waals surface area (Å²) in [6.07, 6.45) is -1.57. The Balaban J connectivity index is 1.93. The molecule has 0 spiro atoms. The summed E-state index contributed by atoms with van der Waals surface area (Å²) in [5.41, 5.74) is 3.48. The van der Waals surface area contributed by atoms with Crippen LogP contribution in [0.2, 0.25) is 0 Å². The van der Waals surface area contributed by atoms with Crippen LogP contribution in [0, 0.1) is 17.6 Å². The molecule has 4 rings (SSSR count). The maximum absolute atomic E-state index is 14.1. The van der Waals surface area contributed by atoms with Crippen LogP contribution in [0.1, 0.15) is 49.2 Å². The molecule has 2 fully saturated rings. The van der Waals surface area contributed by atoms with Gasteiger partial charge >= 0.3 is 6.18 Å². The van der Waals surface area contributed by atoms with E-state index in [1.54, 1.807) is 11.8 Å². The second-order valence-corrected chi connectivity index (χ2v) is 9.30. The average Bonchev–Trinajstić information content (AvgIpc) is 3.51. The zero-order valence-corrected chi connectivity index (χ0v) is 18.3. The molecule has 2 aromatic rings.